The highest BCUT2D eigenvalue weighted by Gasteiger charge is 2.06. The smallest absolute Gasteiger partial charge is 0.224 e. The molecule has 0 aliphatic rings. The van der Waals surface area contributed by atoms with E-state index in [1.54, 1.807) is 6.20 Å². The van der Waals surface area contributed by atoms with E-state index in [1.165, 1.54) is 5.56 Å². The fraction of sp³-hybridized carbons (Fsp3) is 0.250. The summed E-state index contributed by atoms with van der Waals surface area (Å²) in [6.07, 6.45) is 3.05. The van der Waals surface area contributed by atoms with Gasteiger partial charge in [0.25, 0.3) is 0 Å². The van der Waals surface area contributed by atoms with Gasteiger partial charge in [-0.15, -0.1) is 12.6 Å². The molecule has 0 aliphatic carbocycles. The Balaban J connectivity index is 1.90. The Labute approximate surface area is 124 Å². The Morgan fingerprint density at radius 2 is 2.00 bits per heavy atom. The summed E-state index contributed by atoms with van der Waals surface area (Å²) >= 11 is 4.22. The highest BCUT2D eigenvalue weighted by molar-refractivity contribution is 7.80. The van der Waals surface area contributed by atoms with Gasteiger partial charge in [0.15, 0.2) is 0 Å². The van der Waals surface area contributed by atoms with E-state index < -0.39 is 0 Å². The largest absolute Gasteiger partial charge is 0.350 e. The molecule has 0 fully saturated rings. The van der Waals surface area contributed by atoms with Crippen LogP contribution in [0, 0.1) is 0 Å². The molecule has 0 unspecified atom stereocenters. The maximum Gasteiger partial charge on any atom is 0.224 e. The van der Waals surface area contributed by atoms with E-state index in [4.69, 9.17) is 0 Å². The first-order chi connectivity index (χ1) is 9.69. The molecule has 0 saturated carbocycles. The number of pyridine rings is 1. The summed E-state index contributed by atoms with van der Waals surface area (Å²) in [4.78, 5) is 17.1. The van der Waals surface area contributed by atoms with Crippen molar-refractivity contribution in [2.75, 3.05) is 0 Å². The molecule has 0 saturated heterocycles. The lowest BCUT2D eigenvalue weighted by Crippen LogP contribution is -2.25. The Kier molecular flexibility index (Phi) is 5.18. The van der Waals surface area contributed by atoms with Gasteiger partial charge in [0.1, 0.15) is 0 Å². The van der Waals surface area contributed by atoms with E-state index in [0.29, 0.717) is 13.0 Å². The Morgan fingerprint density at radius 1 is 1.25 bits per heavy atom. The minimum atomic E-state index is 0.00428. The first-order valence-corrected chi connectivity index (χ1v) is 7.11. The molecule has 104 valence electrons. The summed E-state index contributed by atoms with van der Waals surface area (Å²) < 4.78 is 0. The Morgan fingerprint density at radius 3 is 2.70 bits per heavy atom. The van der Waals surface area contributed by atoms with Crippen LogP contribution in [0.3, 0.4) is 0 Å². The molecule has 2 rings (SSSR count). The number of carbonyl (C=O) groups is 1. The summed E-state index contributed by atoms with van der Waals surface area (Å²) in [5.74, 6) is 0.00428. The SMILES string of the molecule is CCc1cccnc1CNC(=O)Cc1ccc(S)cc1. The molecule has 0 radical (unpaired) electrons. The van der Waals surface area contributed by atoms with Crippen LogP contribution < -0.4 is 5.32 Å². The minimum Gasteiger partial charge on any atom is -0.350 e. The predicted octanol–water partition coefficient (Wildman–Crippen LogP) is 2.79. The highest BCUT2D eigenvalue weighted by atomic mass is 32.1. The molecule has 0 spiro atoms. The molecule has 4 heteroatoms. The molecule has 1 N–H and O–H groups in total. The third kappa shape index (κ3) is 4.10. The van der Waals surface area contributed by atoms with Crippen molar-refractivity contribution >= 4 is 18.5 Å². The number of aromatic nitrogens is 1. The van der Waals surface area contributed by atoms with Crippen LogP contribution in [-0.4, -0.2) is 10.9 Å². The summed E-state index contributed by atoms with van der Waals surface area (Å²) in [5, 5.41) is 2.92. The minimum absolute atomic E-state index is 0.00428. The second kappa shape index (κ2) is 7.10. The van der Waals surface area contributed by atoms with Gasteiger partial charge in [-0.25, -0.2) is 0 Å². The van der Waals surface area contributed by atoms with E-state index in [9.17, 15) is 4.79 Å². The van der Waals surface area contributed by atoms with Crippen molar-refractivity contribution in [2.45, 2.75) is 31.2 Å². The van der Waals surface area contributed by atoms with Crippen LogP contribution in [0.2, 0.25) is 0 Å². The van der Waals surface area contributed by atoms with Crippen molar-refractivity contribution < 1.29 is 4.79 Å². The molecule has 3 nitrogen and oxygen atoms in total. The maximum atomic E-state index is 11.9. The average molecular weight is 286 g/mol. The molecule has 1 aromatic heterocycles. The average Bonchev–Trinajstić information content (AvgIpc) is 2.48. The van der Waals surface area contributed by atoms with Crippen molar-refractivity contribution in [3.8, 4) is 0 Å². The predicted molar refractivity (Wildman–Crippen MR) is 82.9 cm³/mol. The van der Waals surface area contributed by atoms with Crippen molar-refractivity contribution in [1.82, 2.24) is 10.3 Å². The number of hydrogen-bond donors (Lipinski definition) is 2. The monoisotopic (exact) mass is 286 g/mol. The third-order valence-corrected chi connectivity index (χ3v) is 3.42. The van der Waals surface area contributed by atoms with Gasteiger partial charge >= 0.3 is 0 Å². The van der Waals surface area contributed by atoms with Gasteiger partial charge < -0.3 is 5.32 Å². The van der Waals surface area contributed by atoms with Gasteiger partial charge in [-0.2, -0.15) is 0 Å². The van der Waals surface area contributed by atoms with Crippen LogP contribution >= 0.6 is 12.6 Å². The molecular formula is C16H18N2OS. The lowest BCUT2D eigenvalue weighted by atomic mass is 10.1. The first-order valence-electron chi connectivity index (χ1n) is 6.66. The fourth-order valence-corrected chi connectivity index (χ4v) is 2.15. The number of carbonyl (C=O) groups excluding carboxylic acids is 1. The van der Waals surface area contributed by atoms with Gasteiger partial charge in [0.2, 0.25) is 5.91 Å². The molecule has 0 bridgehead atoms. The summed E-state index contributed by atoms with van der Waals surface area (Å²) in [7, 11) is 0. The van der Waals surface area contributed by atoms with Crippen LogP contribution in [0.1, 0.15) is 23.7 Å². The number of benzene rings is 1. The van der Waals surface area contributed by atoms with Gasteiger partial charge in [0.05, 0.1) is 18.7 Å². The number of hydrogen-bond acceptors (Lipinski definition) is 3. The highest BCUT2D eigenvalue weighted by Crippen LogP contribution is 2.09. The number of nitrogens with zero attached hydrogens (tertiary/aromatic N) is 1. The number of thiol groups is 1. The number of amides is 1. The number of aryl methyl sites for hydroxylation is 1. The van der Waals surface area contributed by atoms with Gasteiger partial charge in [-0.1, -0.05) is 25.1 Å². The molecule has 20 heavy (non-hydrogen) atoms. The Bertz CT molecular complexity index is 581. The molecule has 0 atom stereocenters. The van der Waals surface area contributed by atoms with E-state index in [-0.39, 0.29) is 5.91 Å². The van der Waals surface area contributed by atoms with Crippen molar-refractivity contribution in [1.29, 1.82) is 0 Å². The quantitative estimate of drug-likeness (QED) is 0.830. The zero-order valence-electron chi connectivity index (χ0n) is 11.5. The van der Waals surface area contributed by atoms with E-state index in [0.717, 1.165) is 22.6 Å². The zero-order chi connectivity index (χ0) is 14.4. The van der Waals surface area contributed by atoms with E-state index >= 15 is 0 Å². The van der Waals surface area contributed by atoms with Crippen molar-refractivity contribution in [3.05, 3.63) is 59.4 Å². The standard InChI is InChI=1S/C16H18N2OS/c1-2-13-4-3-9-17-15(13)11-18-16(19)10-12-5-7-14(20)8-6-12/h3-9,20H,2,10-11H2,1H3,(H,18,19). The van der Waals surface area contributed by atoms with Crippen LogP contribution in [-0.2, 0) is 24.2 Å². The number of nitrogens with one attached hydrogen (secondary N) is 1. The van der Waals surface area contributed by atoms with Gasteiger partial charge in [-0.05, 0) is 35.7 Å². The van der Waals surface area contributed by atoms with Crippen LogP contribution in [0.25, 0.3) is 0 Å². The normalized spacial score (nSPS) is 10.3. The summed E-state index contributed by atoms with van der Waals surface area (Å²) in [6.45, 7) is 2.56. The van der Waals surface area contributed by atoms with Gasteiger partial charge in [0, 0.05) is 11.1 Å². The zero-order valence-corrected chi connectivity index (χ0v) is 12.4. The van der Waals surface area contributed by atoms with Crippen molar-refractivity contribution in [3.63, 3.8) is 0 Å². The fourth-order valence-electron chi connectivity index (χ4n) is 2.00. The molecule has 1 heterocycles. The lowest BCUT2D eigenvalue weighted by molar-refractivity contribution is -0.120. The third-order valence-electron chi connectivity index (χ3n) is 3.12. The maximum absolute atomic E-state index is 11.9. The van der Waals surface area contributed by atoms with E-state index in [2.05, 4.69) is 29.9 Å². The number of rotatable bonds is 5. The second-order valence-corrected chi connectivity index (χ2v) is 5.10. The van der Waals surface area contributed by atoms with Crippen LogP contribution in [0.5, 0.6) is 0 Å². The molecule has 1 amide bonds. The summed E-state index contributed by atoms with van der Waals surface area (Å²) in [6, 6.07) is 11.6. The first kappa shape index (κ1) is 14.6. The lowest BCUT2D eigenvalue weighted by Gasteiger charge is -2.08. The molecule has 2 aromatic rings. The Hall–Kier alpha value is -1.81. The molecular weight excluding hydrogens is 268 g/mol. The second-order valence-electron chi connectivity index (χ2n) is 4.58. The van der Waals surface area contributed by atoms with Crippen LogP contribution in [0.15, 0.2) is 47.5 Å². The van der Waals surface area contributed by atoms with Crippen LogP contribution in [0.4, 0.5) is 0 Å². The van der Waals surface area contributed by atoms with Crippen molar-refractivity contribution in [2.24, 2.45) is 0 Å². The molecule has 0 aliphatic heterocycles. The summed E-state index contributed by atoms with van der Waals surface area (Å²) in [5.41, 5.74) is 3.10. The topological polar surface area (TPSA) is 42.0 Å². The molecule has 1 aromatic carbocycles. The van der Waals surface area contributed by atoms with Gasteiger partial charge in [-0.3, -0.25) is 9.78 Å². The van der Waals surface area contributed by atoms with E-state index in [1.807, 2.05) is 36.4 Å².